The van der Waals surface area contributed by atoms with Crippen molar-refractivity contribution in [2.75, 3.05) is 20.2 Å². The summed E-state index contributed by atoms with van der Waals surface area (Å²) in [5, 5.41) is 10.3. The predicted molar refractivity (Wildman–Crippen MR) is 77.4 cm³/mol. The lowest BCUT2D eigenvalue weighted by atomic mass is 9.93. The number of aliphatic hydroxyl groups is 1. The molecule has 1 aromatic carbocycles. The molecule has 3 heteroatoms. The van der Waals surface area contributed by atoms with Gasteiger partial charge >= 0.3 is 0 Å². The summed E-state index contributed by atoms with van der Waals surface area (Å²) in [5.41, 5.74) is 0.964. The first-order valence-corrected chi connectivity index (χ1v) is 7.16. The summed E-state index contributed by atoms with van der Waals surface area (Å²) in [5.74, 6) is 1.64. The number of piperidine rings is 1. The standard InChI is InChI=1S/C16H25NO2/c1-12-8-9-17(13(2)10-12)11-16(18)14-4-6-15(19-3)7-5-14/h4-7,12-13,16,18H,8-11H2,1-3H3. The molecule has 1 aliphatic heterocycles. The lowest BCUT2D eigenvalue weighted by Gasteiger charge is -2.37. The highest BCUT2D eigenvalue weighted by Gasteiger charge is 2.24. The van der Waals surface area contributed by atoms with Crippen LogP contribution >= 0.6 is 0 Å². The zero-order valence-corrected chi connectivity index (χ0v) is 12.2. The lowest BCUT2D eigenvalue weighted by molar-refractivity contribution is 0.0601. The van der Waals surface area contributed by atoms with E-state index in [1.54, 1.807) is 7.11 Å². The van der Waals surface area contributed by atoms with E-state index in [9.17, 15) is 5.11 Å². The van der Waals surface area contributed by atoms with Gasteiger partial charge in [0.2, 0.25) is 0 Å². The molecule has 1 fully saturated rings. The monoisotopic (exact) mass is 263 g/mol. The molecule has 0 radical (unpaired) electrons. The fourth-order valence-corrected chi connectivity index (χ4v) is 2.88. The number of hydrogen-bond acceptors (Lipinski definition) is 3. The Labute approximate surface area is 116 Å². The van der Waals surface area contributed by atoms with Gasteiger partial charge in [0.05, 0.1) is 13.2 Å². The molecular formula is C16H25NO2. The molecule has 19 heavy (non-hydrogen) atoms. The van der Waals surface area contributed by atoms with Gasteiger partial charge in [-0.15, -0.1) is 0 Å². The molecule has 1 aliphatic rings. The normalized spacial score (nSPS) is 26.1. The van der Waals surface area contributed by atoms with Crippen LogP contribution in [0.1, 0.15) is 38.4 Å². The van der Waals surface area contributed by atoms with Crippen molar-refractivity contribution in [1.82, 2.24) is 4.90 Å². The Balaban J connectivity index is 1.94. The minimum absolute atomic E-state index is 0.415. The molecule has 1 aromatic rings. The van der Waals surface area contributed by atoms with Crippen LogP contribution in [-0.4, -0.2) is 36.2 Å². The van der Waals surface area contributed by atoms with Gasteiger partial charge in [-0.1, -0.05) is 19.1 Å². The van der Waals surface area contributed by atoms with Crippen LogP contribution in [0.15, 0.2) is 24.3 Å². The van der Waals surface area contributed by atoms with E-state index in [1.165, 1.54) is 12.8 Å². The van der Waals surface area contributed by atoms with Crippen molar-refractivity contribution in [2.45, 2.75) is 38.8 Å². The molecular weight excluding hydrogens is 238 g/mol. The Morgan fingerprint density at radius 3 is 2.58 bits per heavy atom. The van der Waals surface area contributed by atoms with Crippen molar-refractivity contribution in [2.24, 2.45) is 5.92 Å². The van der Waals surface area contributed by atoms with E-state index < -0.39 is 6.10 Å². The first-order valence-electron chi connectivity index (χ1n) is 7.16. The molecule has 1 N–H and O–H groups in total. The topological polar surface area (TPSA) is 32.7 Å². The largest absolute Gasteiger partial charge is 0.497 e. The zero-order chi connectivity index (χ0) is 13.8. The van der Waals surface area contributed by atoms with E-state index in [1.807, 2.05) is 24.3 Å². The number of methoxy groups -OCH3 is 1. The van der Waals surface area contributed by atoms with Crippen LogP contribution in [0.5, 0.6) is 5.75 Å². The average Bonchev–Trinajstić information content (AvgIpc) is 2.42. The summed E-state index contributed by atoms with van der Waals surface area (Å²) in [6, 6.07) is 8.26. The summed E-state index contributed by atoms with van der Waals surface area (Å²) in [6.07, 6.45) is 2.05. The molecule has 3 atom stereocenters. The summed E-state index contributed by atoms with van der Waals surface area (Å²) >= 11 is 0. The summed E-state index contributed by atoms with van der Waals surface area (Å²) in [7, 11) is 1.65. The van der Waals surface area contributed by atoms with Crippen LogP contribution in [0.3, 0.4) is 0 Å². The smallest absolute Gasteiger partial charge is 0.118 e. The molecule has 0 amide bonds. The van der Waals surface area contributed by atoms with Gasteiger partial charge in [0.25, 0.3) is 0 Å². The second kappa shape index (κ2) is 6.40. The Morgan fingerprint density at radius 2 is 2.00 bits per heavy atom. The highest BCUT2D eigenvalue weighted by molar-refractivity contribution is 5.28. The number of benzene rings is 1. The van der Waals surface area contributed by atoms with Gasteiger partial charge in [0.1, 0.15) is 5.75 Å². The van der Waals surface area contributed by atoms with E-state index in [0.717, 1.165) is 30.3 Å². The van der Waals surface area contributed by atoms with Crippen LogP contribution in [0.2, 0.25) is 0 Å². The SMILES string of the molecule is COc1ccc(C(O)CN2CCC(C)CC2C)cc1. The van der Waals surface area contributed by atoms with Gasteiger partial charge < -0.3 is 9.84 Å². The van der Waals surface area contributed by atoms with Crippen molar-refractivity contribution in [3.63, 3.8) is 0 Å². The lowest BCUT2D eigenvalue weighted by Crippen LogP contribution is -2.42. The minimum Gasteiger partial charge on any atom is -0.497 e. The van der Waals surface area contributed by atoms with Gasteiger partial charge in [0, 0.05) is 12.6 Å². The first-order chi connectivity index (χ1) is 9.10. The second-order valence-corrected chi connectivity index (χ2v) is 5.76. The summed E-state index contributed by atoms with van der Waals surface area (Å²) < 4.78 is 5.14. The van der Waals surface area contributed by atoms with Gasteiger partial charge in [-0.3, -0.25) is 4.90 Å². The van der Waals surface area contributed by atoms with Crippen LogP contribution in [0.25, 0.3) is 0 Å². The predicted octanol–water partition coefficient (Wildman–Crippen LogP) is 2.85. The third-order valence-electron chi connectivity index (χ3n) is 4.18. The Morgan fingerprint density at radius 1 is 1.32 bits per heavy atom. The fraction of sp³-hybridized carbons (Fsp3) is 0.625. The van der Waals surface area contributed by atoms with Gasteiger partial charge in [-0.2, -0.15) is 0 Å². The van der Waals surface area contributed by atoms with Crippen LogP contribution in [0, 0.1) is 5.92 Å². The van der Waals surface area contributed by atoms with Crippen molar-refractivity contribution >= 4 is 0 Å². The van der Waals surface area contributed by atoms with Crippen LogP contribution in [0.4, 0.5) is 0 Å². The highest BCUT2D eigenvalue weighted by Crippen LogP contribution is 2.25. The summed E-state index contributed by atoms with van der Waals surface area (Å²) in [6.45, 7) is 6.39. The van der Waals surface area contributed by atoms with Gasteiger partial charge in [0.15, 0.2) is 0 Å². The first kappa shape index (κ1) is 14.4. The third kappa shape index (κ3) is 3.71. The van der Waals surface area contributed by atoms with Crippen molar-refractivity contribution < 1.29 is 9.84 Å². The fourth-order valence-electron chi connectivity index (χ4n) is 2.88. The quantitative estimate of drug-likeness (QED) is 0.906. The average molecular weight is 263 g/mol. The maximum Gasteiger partial charge on any atom is 0.118 e. The van der Waals surface area contributed by atoms with E-state index in [-0.39, 0.29) is 0 Å². The molecule has 1 saturated heterocycles. The Bertz CT molecular complexity index is 390. The van der Waals surface area contributed by atoms with Gasteiger partial charge in [-0.25, -0.2) is 0 Å². The maximum absolute atomic E-state index is 10.3. The second-order valence-electron chi connectivity index (χ2n) is 5.76. The van der Waals surface area contributed by atoms with E-state index in [0.29, 0.717) is 6.04 Å². The molecule has 0 bridgehead atoms. The van der Waals surface area contributed by atoms with Crippen molar-refractivity contribution in [3.05, 3.63) is 29.8 Å². The molecule has 1 heterocycles. The number of hydrogen-bond donors (Lipinski definition) is 1. The van der Waals surface area contributed by atoms with Crippen LogP contribution < -0.4 is 4.74 Å². The van der Waals surface area contributed by atoms with Crippen LogP contribution in [-0.2, 0) is 0 Å². The Kier molecular flexibility index (Phi) is 4.83. The van der Waals surface area contributed by atoms with Gasteiger partial charge in [-0.05, 0) is 49.9 Å². The molecule has 0 spiro atoms. The summed E-state index contributed by atoms with van der Waals surface area (Å²) in [4.78, 5) is 2.40. The highest BCUT2D eigenvalue weighted by atomic mass is 16.5. The maximum atomic E-state index is 10.3. The number of aliphatic hydroxyl groups excluding tert-OH is 1. The third-order valence-corrected chi connectivity index (χ3v) is 4.18. The minimum atomic E-state index is -0.415. The van der Waals surface area contributed by atoms with E-state index in [2.05, 4.69) is 18.7 Å². The molecule has 106 valence electrons. The molecule has 0 saturated carbocycles. The number of β-amino-alcohol motifs (C(OH)–C–C–N with tert-alkyl or cyclic N) is 1. The zero-order valence-electron chi connectivity index (χ0n) is 12.2. The molecule has 2 rings (SSSR count). The number of ether oxygens (including phenoxy) is 1. The van der Waals surface area contributed by atoms with E-state index in [4.69, 9.17) is 4.74 Å². The van der Waals surface area contributed by atoms with Crippen molar-refractivity contribution in [3.8, 4) is 5.75 Å². The Hall–Kier alpha value is -1.06. The number of rotatable bonds is 4. The number of likely N-dealkylation sites (tertiary alicyclic amines) is 1. The molecule has 0 aliphatic carbocycles. The van der Waals surface area contributed by atoms with Crippen molar-refractivity contribution in [1.29, 1.82) is 0 Å². The molecule has 3 nitrogen and oxygen atoms in total. The molecule has 0 aromatic heterocycles. The number of nitrogens with zero attached hydrogens (tertiary/aromatic N) is 1. The molecule has 3 unspecified atom stereocenters. The van der Waals surface area contributed by atoms with E-state index >= 15 is 0 Å².